The number of aliphatic hydroxyl groups excluding tert-OH is 1. The zero-order valence-electron chi connectivity index (χ0n) is 18.8. The number of unbranched alkanes of at least 4 members (excludes halogenated alkanes) is 7. The van der Waals surface area contributed by atoms with E-state index in [4.69, 9.17) is 5.11 Å². The third-order valence-corrected chi connectivity index (χ3v) is 6.17. The van der Waals surface area contributed by atoms with Crippen LogP contribution in [0.3, 0.4) is 0 Å². The Labute approximate surface area is 175 Å². The van der Waals surface area contributed by atoms with Crippen molar-refractivity contribution in [3.63, 3.8) is 0 Å². The predicted molar refractivity (Wildman–Crippen MR) is 120 cm³/mol. The van der Waals surface area contributed by atoms with Crippen LogP contribution in [0.25, 0.3) is 0 Å². The summed E-state index contributed by atoms with van der Waals surface area (Å²) in [6.45, 7) is 5.69. The van der Waals surface area contributed by atoms with E-state index in [0.29, 0.717) is 13.0 Å². The summed E-state index contributed by atoms with van der Waals surface area (Å²) in [4.78, 5) is 14.0. The summed E-state index contributed by atoms with van der Waals surface area (Å²) in [6.07, 6.45) is 23.7. The van der Waals surface area contributed by atoms with Crippen molar-refractivity contribution in [3.8, 4) is 0 Å². The standard InChI is InChI=1S/C25H47NO2/c1-3-5-6-10-13-23-16-18-24(19-17-23)14-11-8-7-9-12-15-25(28)26(20-4-2)21-22-27/h16,18,23-24,27H,3-15,17,19-22H2,1-2H3. The van der Waals surface area contributed by atoms with Gasteiger partial charge in [-0.1, -0.05) is 77.4 Å². The van der Waals surface area contributed by atoms with Crippen molar-refractivity contribution in [3.05, 3.63) is 12.2 Å². The first-order chi connectivity index (χ1) is 13.7. The van der Waals surface area contributed by atoms with Gasteiger partial charge in [0.15, 0.2) is 0 Å². The number of aliphatic hydroxyl groups is 1. The number of nitrogens with zero attached hydrogens (tertiary/aromatic N) is 1. The zero-order chi connectivity index (χ0) is 20.5. The fourth-order valence-corrected chi connectivity index (χ4v) is 4.37. The minimum Gasteiger partial charge on any atom is -0.395 e. The van der Waals surface area contributed by atoms with Gasteiger partial charge in [-0.2, -0.15) is 0 Å². The topological polar surface area (TPSA) is 40.5 Å². The lowest BCUT2D eigenvalue weighted by Crippen LogP contribution is -2.34. The molecule has 0 aromatic carbocycles. The molecule has 2 unspecified atom stereocenters. The van der Waals surface area contributed by atoms with Crippen molar-refractivity contribution in [2.75, 3.05) is 19.7 Å². The second-order valence-corrected chi connectivity index (χ2v) is 8.74. The molecule has 0 spiro atoms. The number of rotatable bonds is 17. The highest BCUT2D eigenvalue weighted by Gasteiger charge is 2.15. The highest BCUT2D eigenvalue weighted by Crippen LogP contribution is 2.29. The molecule has 2 atom stereocenters. The second-order valence-electron chi connectivity index (χ2n) is 8.74. The number of carbonyl (C=O) groups excluding carboxylic acids is 1. The highest BCUT2D eigenvalue weighted by atomic mass is 16.3. The molecule has 0 bridgehead atoms. The fraction of sp³-hybridized carbons (Fsp3) is 0.880. The largest absolute Gasteiger partial charge is 0.395 e. The molecule has 1 amide bonds. The first-order valence-electron chi connectivity index (χ1n) is 12.3. The molecule has 0 aromatic heterocycles. The van der Waals surface area contributed by atoms with Crippen LogP contribution in [0.15, 0.2) is 12.2 Å². The molecule has 1 rings (SSSR count). The molecule has 0 heterocycles. The molecule has 1 aliphatic carbocycles. The molecule has 0 aromatic rings. The summed E-state index contributed by atoms with van der Waals surface area (Å²) in [5, 5.41) is 9.06. The highest BCUT2D eigenvalue weighted by molar-refractivity contribution is 5.76. The summed E-state index contributed by atoms with van der Waals surface area (Å²) in [5.41, 5.74) is 0. The van der Waals surface area contributed by atoms with Gasteiger partial charge in [0.25, 0.3) is 0 Å². The number of hydrogen-bond donors (Lipinski definition) is 1. The lowest BCUT2D eigenvalue weighted by Gasteiger charge is -2.23. The van der Waals surface area contributed by atoms with Gasteiger partial charge < -0.3 is 10.0 Å². The summed E-state index contributed by atoms with van der Waals surface area (Å²) >= 11 is 0. The molecular formula is C25H47NO2. The van der Waals surface area contributed by atoms with Gasteiger partial charge in [-0.25, -0.2) is 0 Å². The van der Waals surface area contributed by atoms with Crippen LogP contribution in [-0.4, -0.2) is 35.6 Å². The van der Waals surface area contributed by atoms with Crippen LogP contribution in [0.5, 0.6) is 0 Å². The SMILES string of the molecule is CCCCCCC1C=CC(CCCCCCCC(=O)N(CCC)CCO)CC1. The molecule has 164 valence electrons. The van der Waals surface area contributed by atoms with Crippen LogP contribution in [-0.2, 0) is 4.79 Å². The van der Waals surface area contributed by atoms with Gasteiger partial charge in [0.05, 0.1) is 6.61 Å². The van der Waals surface area contributed by atoms with Crippen LogP contribution in [0, 0.1) is 11.8 Å². The number of carbonyl (C=O) groups is 1. The summed E-state index contributed by atoms with van der Waals surface area (Å²) in [6, 6.07) is 0. The van der Waals surface area contributed by atoms with Gasteiger partial charge in [-0.15, -0.1) is 0 Å². The minimum absolute atomic E-state index is 0.0704. The Morgan fingerprint density at radius 3 is 1.93 bits per heavy atom. The Bertz CT molecular complexity index is 401. The van der Waals surface area contributed by atoms with Gasteiger partial charge in [0.1, 0.15) is 0 Å². The van der Waals surface area contributed by atoms with Crippen LogP contribution < -0.4 is 0 Å². The van der Waals surface area contributed by atoms with Crippen molar-refractivity contribution >= 4 is 5.91 Å². The summed E-state index contributed by atoms with van der Waals surface area (Å²) in [5.74, 6) is 1.88. The van der Waals surface area contributed by atoms with E-state index in [1.807, 2.05) is 4.90 Å². The maximum atomic E-state index is 12.2. The Kier molecular flexibility index (Phi) is 15.4. The van der Waals surface area contributed by atoms with E-state index >= 15 is 0 Å². The van der Waals surface area contributed by atoms with Crippen LogP contribution in [0.4, 0.5) is 0 Å². The molecule has 3 heteroatoms. The van der Waals surface area contributed by atoms with Gasteiger partial charge in [-0.05, 0) is 50.4 Å². The lowest BCUT2D eigenvalue weighted by molar-refractivity contribution is -0.131. The Balaban J connectivity index is 2.01. The van der Waals surface area contributed by atoms with Gasteiger partial charge in [-0.3, -0.25) is 4.79 Å². The molecule has 0 radical (unpaired) electrons. The van der Waals surface area contributed by atoms with Gasteiger partial charge in [0.2, 0.25) is 5.91 Å². The molecule has 0 saturated heterocycles. The average Bonchev–Trinajstić information content (AvgIpc) is 2.71. The predicted octanol–water partition coefficient (Wildman–Crippen LogP) is 6.50. The Hall–Kier alpha value is -0.830. The second kappa shape index (κ2) is 17.1. The molecule has 28 heavy (non-hydrogen) atoms. The third-order valence-electron chi connectivity index (χ3n) is 6.17. The number of hydrogen-bond acceptors (Lipinski definition) is 2. The number of allylic oxidation sites excluding steroid dienone is 2. The molecule has 0 fully saturated rings. The first kappa shape index (κ1) is 25.2. The monoisotopic (exact) mass is 393 g/mol. The van der Waals surface area contributed by atoms with E-state index in [1.165, 1.54) is 70.6 Å². The van der Waals surface area contributed by atoms with Crippen molar-refractivity contribution in [1.29, 1.82) is 0 Å². The Morgan fingerprint density at radius 1 is 0.821 bits per heavy atom. The molecule has 0 saturated carbocycles. The quantitative estimate of drug-likeness (QED) is 0.226. The summed E-state index contributed by atoms with van der Waals surface area (Å²) in [7, 11) is 0. The van der Waals surface area contributed by atoms with E-state index in [2.05, 4.69) is 26.0 Å². The van der Waals surface area contributed by atoms with Crippen molar-refractivity contribution in [2.45, 2.75) is 110 Å². The van der Waals surface area contributed by atoms with E-state index in [0.717, 1.165) is 37.6 Å². The van der Waals surface area contributed by atoms with E-state index in [9.17, 15) is 4.79 Å². The van der Waals surface area contributed by atoms with E-state index < -0.39 is 0 Å². The molecule has 3 nitrogen and oxygen atoms in total. The summed E-state index contributed by atoms with van der Waals surface area (Å²) < 4.78 is 0. The lowest BCUT2D eigenvalue weighted by atomic mass is 9.83. The number of amides is 1. The molecule has 1 N–H and O–H groups in total. The maximum absolute atomic E-state index is 12.2. The zero-order valence-corrected chi connectivity index (χ0v) is 18.8. The minimum atomic E-state index is 0.0704. The van der Waals surface area contributed by atoms with Crippen molar-refractivity contribution < 1.29 is 9.90 Å². The first-order valence-corrected chi connectivity index (χ1v) is 12.3. The Morgan fingerprint density at radius 2 is 1.39 bits per heavy atom. The van der Waals surface area contributed by atoms with Crippen molar-refractivity contribution in [2.24, 2.45) is 11.8 Å². The van der Waals surface area contributed by atoms with Crippen LogP contribution >= 0.6 is 0 Å². The maximum Gasteiger partial charge on any atom is 0.222 e. The van der Waals surface area contributed by atoms with Gasteiger partial charge in [0, 0.05) is 19.5 Å². The fourth-order valence-electron chi connectivity index (χ4n) is 4.37. The molecule has 0 aliphatic heterocycles. The van der Waals surface area contributed by atoms with Crippen LogP contribution in [0.1, 0.15) is 110 Å². The molecular weight excluding hydrogens is 346 g/mol. The van der Waals surface area contributed by atoms with Crippen molar-refractivity contribution in [1.82, 2.24) is 4.90 Å². The smallest absolute Gasteiger partial charge is 0.222 e. The third kappa shape index (κ3) is 11.9. The molecule has 1 aliphatic rings. The van der Waals surface area contributed by atoms with Gasteiger partial charge >= 0.3 is 0 Å². The van der Waals surface area contributed by atoms with Crippen LogP contribution in [0.2, 0.25) is 0 Å². The average molecular weight is 394 g/mol. The van der Waals surface area contributed by atoms with E-state index in [-0.39, 0.29) is 12.5 Å². The normalized spacial score (nSPS) is 19.1. The van der Waals surface area contributed by atoms with E-state index in [1.54, 1.807) is 0 Å².